The maximum Gasteiger partial charge on any atom is 0.253 e. The third kappa shape index (κ3) is 5.78. The molecule has 162 valence electrons. The highest BCUT2D eigenvalue weighted by Crippen LogP contribution is 2.35. The van der Waals surface area contributed by atoms with Crippen LogP contribution >= 0.6 is 45.8 Å². The van der Waals surface area contributed by atoms with E-state index in [-0.39, 0.29) is 11.9 Å². The molecular weight excluding hydrogens is 536 g/mol. The van der Waals surface area contributed by atoms with Crippen LogP contribution in [-0.4, -0.2) is 39.2 Å². The van der Waals surface area contributed by atoms with E-state index in [0.29, 0.717) is 27.9 Å². The number of pyridine rings is 1. The molecule has 0 saturated carbocycles. The quantitative estimate of drug-likeness (QED) is 0.343. The largest absolute Gasteiger partial charge is 0.381 e. The fraction of sp³-hybridized carbons (Fsp3) is 0.455. The van der Waals surface area contributed by atoms with Gasteiger partial charge in [0.15, 0.2) is 0 Å². The molecule has 1 aliphatic rings. The van der Waals surface area contributed by atoms with Crippen LogP contribution in [0, 0.1) is 5.92 Å². The second-order valence-electron chi connectivity index (χ2n) is 8.00. The second kappa shape index (κ2) is 10.5. The standard InChI is InChI=1S/C22H26Cl2IN3O2/c1-13(2)9-19(20(25)29)27-22(30)15-10-16(14-5-6-17(23)18(24)11-14)21(26-12-15)28-7-3-4-8-28/h5-6,10-13,19-20,29H,3-4,7-9H2,1-2H3,(H,27,30)/t19-,20?/m0/s1. The fourth-order valence-electron chi connectivity index (χ4n) is 3.64. The van der Waals surface area contributed by atoms with E-state index in [0.717, 1.165) is 42.9 Å². The van der Waals surface area contributed by atoms with Gasteiger partial charge in [-0.25, -0.2) is 4.98 Å². The average molecular weight is 562 g/mol. The molecule has 1 aliphatic heterocycles. The van der Waals surface area contributed by atoms with E-state index >= 15 is 0 Å². The molecule has 0 radical (unpaired) electrons. The summed E-state index contributed by atoms with van der Waals surface area (Å²) in [5.41, 5.74) is 2.16. The highest BCUT2D eigenvalue weighted by molar-refractivity contribution is 14.1. The maximum absolute atomic E-state index is 13.0. The Bertz CT molecular complexity index is 902. The molecule has 1 fully saturated rings. The number of hydrogen-bond donors (Lipinski definition) is 2. The average Bonchev–Trinajstić information content (AvgIpc) is 3.23. The van der Waals surface area contributed by atoms with Crippen LogP contribution in [0.3, 0.4) is 0 Å². The predicted molar refractivity (Wildman–Crippen MR) is 132 cm³/mol. The van der Waals surface area contributed by atoms with E-state index in [4.69, 9.17) is 23.2 Å². The smallest absolute Gasteiger partial charge is 0.253 e. The number of nitrogens with zero attached hydrogens (tertiary/aromatic N) is 2. The monoisotopic (exact) mass is 561 g/mol. The van der Waals surface area contributed by atoms with Gasteiger partial charge < -0.3 is 15.3 Å². The Balaban J connectivity index is 1.96. The number of halogens is 3. The van der Waals surface area contributed by atoms with Crippen LogP contribution in [0.5, 0.6) is 0 Å². The lowest BCUT2D eigenvalue weighted by atomic mass is 10.0. The molecule has 1 amide bonds. The van der Waals surface area contributed by atoms with Crippen LogP contribution in [0.1, 0.15) is 43.5 Å². The SMILES string of the molecule is CC(C)C[C@H](NC(=O)c1cnc(N2CCCC2)c(-c2ccc(Cl)c(Cl)c2)c1)C(O)I. The van der Waals surface area contributed by atoms with Crippen molar-refractivity contribution in [2.75, 3.05) is 18.0 Å². The summed E-state index contributed by atoms with van der Waals surface area (Å²) in [6.07, 6.45) is 4.54. The van der Waals surface area contributed by atoms with Gasteiger partial charge in [-0.1, -0.05) is 43.1 Å². The van der Waals surface area contributed by atoms with Crippen LogP contribution in [0.15, 0.2) is 30.5 Å². The lowest BCUT2D eigenvalue weighted by Crippen LogP contribution is -2.41. The topological polar surface area (TPSA) is 65.5 Å². The highest BCUT2D eigenvalue weighted by Gasteiger charge is 2.24. The van der Waals surface area contributed by atoms with Crippen molar-refractivity contribution in [1.29, 1.82) is 0 Å². The molecule has 8 heteroatoms. The van der Waals surface area contributed by atoms with E-state index in [1.54, 1.807) is 18.3 Å². The molecule has 1 saturated heterocycles. The summed E-state index contributed by atoms with van der Waals surface area (Å²) >= 11 is 14.3. The summed E-state index contributed by atoms with van der Waals surface area (Å²) in [5, 5.41) is 14.0. The lowest BCUT2D eigenvalue weighted by molar-refractivity contribution is 0.0901. The Kier molecular flexibility index (Phi) is 8.24. The molecule has 1 aromatic carbocycles. The summed E-state index contributed by atoms with van der Waals surface area (Å²) in [4.78, 5) is 19.8. The Morgan fingerprint density at radius 1 is 1.23 bits per heavy atom. The summed E-state index contributed by atoms with van der Waals surface area (Å²) in [5.74, 6) is 0.940. The number of alkyl halides is 1. The number of nitrogens with one attached hydrogen (secondary N) is 1. The molecule has 0 spiro atoms. The summed E-state index contributed by atoms with van der Waals surface area (Å²) in [6, 6.07) is 6.97. The number of benzene rings is 1. The third-order valence-corrected chi connectivity index (χ3v) is 6.75. The van der Waals surface area contributed by atoms with Crippen LogP contribution in [0.2, 0.25) is 10.0 Å². The van der Waals surface area contributed by atoms with Gasteiger partial charge in [-0.05, 0) is 71.5 Å². The Hall–Kier alpha value is -1.09. The van der Waals surface area contributed by atoms with Gasteiger partial charge in [-0.15, -0.1) is 0 Å². The van der Waals surface area contributed by atoms with Crippen molar-refractivity contribution in [2.45, 2.75) is 43.3 Å². The number of aliphatic hydroxyl groups excluding tert-OH is 1. The maximum atomic E-state index is 13.0. The summed E-state index contributed by atoms with van der Waals surface area (Å²) in [7, 11) is 0. The summed E-state index contributed by atoms with van der Waals surface area (Å²) < 4.78 is -0.666. The van der Waals surface area contributed by atoms with E-state index in [2.05, 4.69) is 29.0 Å². The minimum atomic E-state index is -0.666. The minimum absolute atomic E-state index is 0.252. The molecule has 2 N–H and O–H groups in total. The second-order valence-corrected chi connectivity index (χ2v) is 10.1. The first-order valence-electron chi connectivity index (χ1n) is 10.1. The van der Waals surface area contributed by atoms with Gasteiger partial charge in [0.1, 0.15) is 9.93 Å². The predicted octanol–water partition coefficient (Wildman–Crippen LogP) is 5.55. The zero-order chi connectivity index (χ0) is 21.8. The van der Waals surface area contributed by atoms with Crippen molar-refractivity contribution in [3.05, 3.63) is 46.1 Å². The molecule has 0 aliphatic carbocycles. The van der Waals surface area contributed by atoms with E-state index in [1.165, 1.54) is 0 Å². The summed E-state index contributed by atoms with van der Waals surface area (Å²) in [6.45, 7) is 5.99. The molecule has 3 rings (SSSR count). The molecule has 2 atom stereocenters. The number of carbonyl (C=O) groups excluding carboxylic acids is 1. The Labute approximate surface area is 201 Å². The van der Waals surface area contributed by atoms with Gasteiger partial charge in [0.2, 0.25) is 0 Å². The van der Waals surface area contributed by atoms with Gasteiger partial charge in [0.05, 0.1) is 21.7 Å². The number of anilines is 1. The first-order valence-corrected chi connectivity index (χ1v) is 12.1. The number of hydrogen-bond acceptors (Lipinski definition) is 4. The third-order valence-electron chi connectivity index (χ3n) is 5.14. The van der Waals surface area contributed by atoms with Gasteiger partial charge in [0, 0.05) is 24.8 Å². The zero-order valence-corrected chi connectivity index (χ0v) is 20.7. The van der Waals surface area contributed by atoms with Crippen molar-refractivity contribution in [2.24, 2.45) is 5.92 Å². The number of aliphatic hydroxyl groups is 1. The first-order chi connectivity index (χ1) is 14.3. The van der Waals surface area contributed by atoms with Gasteiger partial charge in [0.25, 0.3) is 5.91 Å². The molecule has 30 heavy (non-hydrogen) atoms. The van der Waals surface area contributed by atoms with Gasteiger partial charge in [-0.3, -0.25) is 4.79 Å². The van der Waals surface area contributed by atoms with E-state index in [9.17, 15) is 9.90 Å². The lowest BCUT2D eigenvalue weighted by Gasteiger charge is -2.23. The first kappa shape index (κ1) is 23.6. The molecule has 1 aromatic heterocycles. The number of rotatable bonds is 7. The Morgan fingerprint density at radius 2 is 1.93 bits per heavy atom. The molecule has 5 nitrogen and oxygen atoms in total. The van der Waals surface area contributed by atoms with Crippen LogP contribution < -0.4 is 10.2 Å². The fourth-order valence-corrected chi connectivity index (χ4v) is 4.41. The van der Waals surface area contributed by atoms with Crippen molar-refractivity contribution >= 4 is 57.5 Å². The number of amides is 1. The molecule has 0 bridgehead atoms. The van der Waals surface area contributed by atoms with Crippen LogP contribution in [0.4, 0.5) is 5.82 Å². The zero-order valence-electron chi connectivity index (χ0n) is 17.0. The van der Waals surface area contributed by atoms with Crippen molar-refractivity contribution < 1.29 is 9.90 Å². The number of carbonyl (C=O) groups is 1. The molecule has 2 heterocycles. The van der Waals surface area contributed by atoms with Gasteiger partial charge in [-0.2, -0.15) is 0 Å². The van der Waals surface area contributed by atoms with Gasteiger partial charge >= 0.3 is 0 Å². The molecular formula is C22H26Cl2IN3O2. The van der Waals surface area contributed by atoms with E-state index < -0.39 is 4.11 Å². The minimum Gasteiger partial charge on any atom is -0.381 e. The van der Waals surface area contributed by atoms with Crippen molar-refractivity contribution in [3.8, 4) is 11.1 Å². The van der Waals surface area contributed by atoms with E-state index in [1.807, 2.05) is 34.7 Å². The Morgan fingerprint density at radius 3 is 2.53 bits per heavy atom. The normalized spacial score (nSPS) is 16.0. The highest BCUT2D eigenvalue weighted by atomic mass is 127. The van der Waals surface area contributed by atoms with Crippen molar-refractivity contribution in [3.63, 3.8) is 0 Å². The van der Waals surface area contributed by atoms with Crippen LogP contribution in [0.25, 0.3) is 11.1 Å². The molecule has 1 unspecified atom stereocenters. The number of aromatic nitrogens is 1. The van der Waals surface area contributed by atoms with Crippen LogP contribution in [-0.2, 0) is 0 Å². The van der Waals surface area contributed by atoms with Crippen molar-refractivity contribution in [1.82, 2.24) is 10.3 Å². The molecule has 2 aromatic rings.